The molecular formula is C13H15BrN4. The molecule has 0 aliphatic carbocycles. The Hall–Kier alpha value is -1.49. The Balaban J connectivity index is 2.30. The van der Waals surface area contributed by atoms with Crippen molar-refractivity contribution >= 4 is 21.6 Å². The summed E-state index contributed by atoms with van der Waals surface area (Å²) in [7, 11) is 1.74. The lowest BCUT2D eigenvalue weighted by atomic mass is 10.1. The number of benzene rings is 1. The number of hydrogen-bond acceptors (Lipinski definition) is 3. The van der Waals surface area contributed by atoms with E-state index in [0.29, 0.717) is 12.4 Å². The third-order valence-electron chi connectivity index (χ3n) is 2.87. The second-order valence-corrected chi connectivity index (χ2v) is 4.81. The van der Waals surface area contributed by atoms with E-state index in [4.69, 9.17) is 0 Å². The number of halogens is 1. The fraction of sp³-hybridized carbons (Fsp3) is 0.308. The van der Waals surface area contributed by atoms with Crippen molar-refractivity contribution in [2.24, 2.45) is 4.99 Å². The fourth-order valence-electron chi connectivity index (χ4n) is 1.63. The van der Waals surface area contributed by atoms with E-state index < -0.39 is 0 Å². The van der Waals surface area contributed by atoms with E-state index >= 15 is 0 Å². The molecular weight excluding hydrogens is 292 g/mol. The molecule has 0 saturated carbocycles. The smallest absolute Gasteiger partial charge is 0.196 e. The lowest BCUT2D eigenvalue weighted by Gasteiger charge is -2.05. The summed E-state index contributed by atoms with van der Waals surface area (Å²) in [5.74, 6) is 0.665. The highest BCUT2D eigenvalue weighted by atomic mass is 79.9. The first-order valence-electron chi connectivity index (χ1n) is 5.70. The second-order valence-electron chi connectivity index (χ2n) is 4.10. The molecule has 18 heavy (non-hydrogen) atoms. The van der Waals surface area contributed by atoms with E-state index in [1.165, 1.54) is 11.1 Å². The van der Waals surface area contributed by atoms with E-state index in [1.807, 2.05) is 23.7 Å². The average molecular weight is 307 g/mol. The molecule has 0 fully saturated rings. The van der Waals surface area contributed by atoms with E-state index in [1.54, 1.807) is 7.05 Å². The third-order valence-corrected chi connectivity index (χ3v) is 3.45. The van der Waals surface area contributed by atoms with Gasteiger partial charge in [0.2, 0.25) is 0 Å². The molecule has 4 nitrogen and oxygen atoms in total. The highest BCUT2D eigenvalue weighted by Crippen LogP contribution is 2.13. The number of rotatable bonds is 3. The molecule has 0 radical (unpaired) electrons. The number of aromatic nitrogens is 3. The maximum atomic E-state index is 4.44. The van der Waals surface area contributed by atoms with Gasteiger partial charge in [0.15, 0.2) is 10.6 Å². The number of hydrogen-bond donors (Lipinski definition) is 0. The lowest BCUT2D eigenvalue weighted by Crippen LogP contribution is -2.05. The first-order valence-corrected chi connectivity index (χ1v) is 6.49. The highest BCUT2D eigenvalue weighted by Gasteiger charge is 2.10. The number of aryl methyl sites for hydroxylation is 1. The predicted molar refractivity (Wildman–Crippen MR) is 76.1 cm³/mol. The largest absolute Gasteiger partial charge is 0.289 e. The molecule has 0 unspecified atom stereocenters. The minimum Gasteiger partial charge on any atom is -0.289 e. The fourth-order valence-corrected chi connectivity index (χ4v) is 2.00. The van der Waals surface area contributed by atoms with Crippen LogP contribution in [0.1, 0.15) is 23.9 Å². The van der Waals surface area contributed by atoms with Crippen LogP contribution in [0, 0.1) is 6.92 Å². The molecule has 0 N–H and O–H groups in total. The summed E-state index contributed by atoms with van der Waals surface area (Å²) in [4.78, 5) is 8.44. The highest BCUT2D eigenvalue weighted by molar-refractivity contribution is 9.10. The van der Waals surface area contributed by atoms with Gasteiger partial charge >= 0.3 is 0 Å². The zero-order chi connectivity index (χ0) is 13.1. The number of aliphatic imine (C=N–C) groups is 1. The van der Waals surface area contributed by atoms with Gasteiger partial charge in [-0.1, -0.05) is 24.3 Å². The van der Waals surface area contributed by atoms with Gasteiger partial charge < -0.3 is 0 Å². The molecule has 0 aliphatic heterocycles. The van der Waals surface area contributed by atoms with Crippen LogP contribution in [0.15, 0.2) is 34.0 Å². The molecule has 1 heterocycles. The molecule has 0 aliphatic rings. The Morgan fingerprint density at radius 1 is 1.39 bits per heavy atom. The van der Waals surface area contributed by atoms with Crippen molar-refractivity contribution in [1.82, 2.24) is 14.8 Å². The van der Waals surface area contributed by atoms with E-state index in [-0.39, 0.29) is 0 Å². The monoisotopic (exact) mass is 306 g/mol. The van der Waals surface area contributed by atoms with Crippen molar-refractivity contribution in [2.75, 3.05) is 7.05 Å². The molecule has 2 aromatic rings. The summed E-state index contributed by atoms with van der Waals surface area (Å²) < 4.78 is 2.57. The molecule has 0 amide bonds. The second kappa shape index (κ2) is 5.44. The van der Waals surface area contributed by atoms with Gasteiger partial charge in [0, 0.05) is 7.05 Å². The summed E-state index contributed by atoms with van der Waals surface area (Å²) in [5.41, 5.74) is 3.32. The van der Waals surface area contributed by atoms with Crippen molar-refractivity contribution in [1.29, 1.82) is 0 Å². The van der Waals surface area contributed by atoms with Gasteiger partial charge in [0.25, 0.3) is 0 Å². The van der Waals surface area contributed by atoms with Crippen LogP contribution in [-0.4, -0.2) is 27.5 Å². The summed E-state index contributed by atoms with van der Waals surface area (Å²) in [6.07, 6.45) is 0. The summed E-state index contributed by atoms with van der Waals surface area (Å²) in [6.45, 7) is 4.71. The minimum absolute atomic E-state index is 0.665. The third kappa shape index (κ3) is 2.67. The summed E-state index contributed by atoms with van der Waals surface area (Å²) in [6, 6.07) is 8.27. The summed E-state index contributed by atoms with van der Waals surface area (Å²) >= 11 is 3.43. The standard InChI is InChI=1S/C13H15BrN4/c1-9-6-4-5-7-11(9)8-18-13(14)16-12(17-18)10(2)15-3/h4-7H,8H2,1-3H3. The quantitative estimate of drug-likeness (QED) is 0.818. The van der Waals surface area contributed by atoms with Gasteiger partial charge in [0.1, 0.15) is 0 Å². The predicted octanol–water partition coefficient (Wildman–Crippen LogP) is 2.84. The van der Waals surface area contributed by atoms with Crippen LogP contribution in [0.2, 0.25) is 0 Å². The molecule has 0 spiro atoms. The number of nitrogens with zero attached hydrogens (tertiary/aromatic N) is 4. The first kappa shape index (κ1) is 13.0. The minimum atomic E-state index is 0.665. The van der Waals surface area contributed by atoms with Crippen LogP contribution in [0.3, 0.4) is 0 Å². The van der Waals surface area contributed by atoms with Crippen molar-refractivity contribution in [2.45, 2.75) is 20.4 Å². The van der Waals surface area contributed by atoms with Crippen LogP contribution in [-0.2, 0) is 6.54 Å². The Morgan fingerprint density at radius 2 is 2.11 bits per heavy atom. The van der Waals surface area contributed by atoms with Gasteiger partial charge in [-0.15, -0.1) is 5.10 Å². The zero-order valence-electron chi connectivity index (χ0n) is 10.7. The molecule has 0 bridgehead atoms. The average Bonchev–Trinajstić information content (AvgIpc) is 2.73. The van der Waals surface area contributed by atoms with Gasteiger partial charge in [-0.3, -0.25) is 4.99 Å². The molecule has 0 atom stereocenters. The van der Waals surface area contributed by atoms with Crippen LogP contribution in [0.4, 0.5) is 0 Å². The van der Waals surface area contributed by atoms with Crippen molar-refractivity contribution in [3.05, 3.63) is 46.0 Å². The van der Waals surface area contributed by atoms with Crippen molar-refractivity contribution in [3.8, 4) is 0 Å². The SMILES string of the molecule is CN=C(C)c1nc(Br)n(Cc2ccccc2C)n1. The molecule has 0 saturated heterocycles. The maximum absolute atomic E-state index is 4.44. The summed E-state index contributed by atoms with van der Waals surface area (Å²) in [5, 5.41) is 4.44. The lowest BCUT2D eigenvalue weighted by molar-refractivity contribution is 0.664. The van der Waals surface area contributed by atoms with Crippen LogP contribution in [0.5, 0.6) is 0 Å². The van der Waals surface area contributed by atoms with Crippen molar-refractivity contribution in [3.63, 3.8) is 0 Å². The normalized spacial score (nSPS) is 11.9. The molecule has 2 rings (SSSR count). The Kier molecular flexibility index (Phi) is 3.91. The first-order chi connectivity index (χ1) is 8.61. The molecule has 94 valence electrons. The maximum Gasteiger partial charge on any atom is 0.196 e. The molecule has 5 heteroatoms. The van der Waals surface area contributed by atoms with Crippen LogP contribution in [0.25, 0.3) is 0 Å². The van der Waals surface area contributed by atoms with Gasteiger partial charge in [-0.05, 0) is 40.9 Å². The molecule has 1 aromatic heterocycles. The van der Waals surface area contributed by atoms with Gasteiger partial charge in [-0.25, -0.2) is 4.68 Å². The van der Waals surface area contributed by atoms with Gasteiger partial charge in [-0.2, -0.15) is 4.98 Å². The van der Waals surface area contributed by atoms with Crippen LogP contribution < -0.4 is 0 Å². The van der Waals surface area contributed by atoms with E-state index in [0.717, 1.165) is 10.4 Å². The zero-order valence-corrected chi connectivity index (χ0v) is 12.3. The van der Waals surface area contributed by atoms with Gasteiger partial charge in [0.05, 0.1) is 12.3 Å². The van der Waals surface area contributed by atoms with Crippen molar-refractivity contribution < 1.29 is 0 Å². The topological polar surface area (TPSA) is 43.1 Å². The Bertz CT molecular complexity index is 586. The Labute approximate surface area is 115 Å². The molecule has 1 aromatic carbocycles. The van der Waals surface area contributed by atoms with Crippen LogP contribution >= 0.6 is 15.9 Å². The van der Waals surface area contributed by atoms with E-state index in [9.17, 15) is 0 Å². The van der Waals surface area contributed by atoms with E-state index in [2.05, 4.69) is 50.1 Å². The Morgan fingerprint density at radius 3 is 2.78 bits per heavy atom.